The van der Waals surface area contributed by atoms with Gasteiger partial charge >= 0.3 is 11.9 Å². The van der Waals surface area contributed by atoms with Gasteiger partial charge in [0.2, 0.25) is 0 Å². The van der Waals surface area contributed by atoms with E-state index < -0.39 is 34.3 Å². The van der Waals surface area contributed by atoms with Gasteiger partial charge in [0.25, 0.3) is 0 Å². The molecular formula is C22H23N3O5S. The highest BCUT2D eigenvalue weighted by molar-refractivity contribution is 8.03. The number of amidine groups is 1. The monoisotopic (exact) mass is 441 g/mol. The number of hydrogen-bond acceptors (Lipinski definition) is 6. The lowest BCUT2D eigenvalue weighted by Crippen LogP contribution is -2.36. The molecule has 31 heavy (non-hydrogen) atoms. The summed E-state index contributed by atoms with van der Waals surface area (Å²) < 4.78 is 9.82. The van der Waals surface area contributed by atoms with E-state index in [0.29, 0.717) is 5.71 Å². The Bertz CT molecular complexity index is 996. The van der Waals surface area contributed by atoms with Crippen LogP contribution in [0.2, 0.25) is 0 Å². The predicted octanol–water partition coefficient (Wildman–Crippen LogP) is 3.70. The zero-order chi connectivity index (χ0) is 22.4. The average Bonchev–Trinajstić information content (AvgIpc) is 3.09. The van der Waals surface area contributed by atoms with Crippen LogP contribution in [0.25, 0.3) is 0 Å². The summed E-state index contributed by atoms with van der Waals surface area (Å²) in [5, 5.41) is 16.7. The molecule has 0 radical (unpaired) electrons. The summed E-state index contributed by atoms with van der Waals surface area (Å²) in [6.45, 7) is 3.07. The quantitative estimate of drug-likeness (QED) is 0.478. The van der Waals surface area contributed by atoms with Crippen molar-refractivity contribution >= 4 is 33.5 Å². The molecule has 0 fully saturated rings. The Labute approximate surface area is 182 Å². The highest BCUT2D eigenvalue weighted by Crippen LogP contribution is 2.28. The molecular weight excluding hydrogens is 418 g/mol. The number of esters is 1. The van der Waals surface area contributed by atoms with Gasteiger partial charge in [0.1, 0.15) is 0 Å². The topological polar surface area (TPSA) is 121 Å². The summed E-state index contributed by atoms with van der Waals surface area (Å²) in [6.07, 6.45) is -0.863. The number of rotatable bonds is 8. The average molecular weight is 442 g/mol. The third-order valence-corrected chi connectivity index (χ3v) is 5.82. The fourth-order valence-corrected chi connectivity index (χ4v) is 4.04. The number of aliphatic carboxylic acids is 1. The van der Waals surface area contributed by atoms with E-state index in [1.54, 1.807) is 0 Å². The third-order valence-electron chi connectivity index (χ3n) is 4.42. The summed E-state index contributed by atoms with van der Waals surface area (Å²) in [6, 6.07) is 18.8. The van der Waals surface area contributed by atoms with Crippen LogP contribution in [0.1, 0.15) is 37.5 Å². The van der Waals surface area contributed by atoms with Crippen LogP contribution in [0, 0.1) is 5.41 Å². The summed E-state index contributed by atoms with van der Waals surface area (Å²) in [7, 11) is -1.05. The normalized spacial score (nSPS) is 16.4. The lowest BCUT2D eigenvalue weighted by Gasteiger charge is -2.25. The van der Waals surface area contributed by atoms with Gasteiger partial charge in [0.15, 0.2) is 16.9 Å². The van der Waals surface area contributed by atoms with E-state index in [1.807, 2.05) is 60.7 Å². The fourth-order valence-electron chi connectivity index (χ4n) is 2.79. The van der Waals surface area contributed by atoms with Gasteiger partial charge in [-0.3, -0.25) is 10.2 Å². The second-order valence-electron chi connectivity index (χ2n) is 7.35. The van der Waals surface area contributed by atoms with Gasteiger partial charge in [-0.05, 0) is 25.0 Å². The minimum atomic E-state index is -1.41. The number of aliphatic imine (C=N–C) groups is 1. The molecule has 0 aromatic heterocycles. The van der Waals surface area contributed by atoms with Crippen LogP contribution in [-0.4, -0.2) is 39.3 Å². The van der Waals surface area contributed by atoms with Crippen LogP contribution >= 0.6 is 0 Å². The smallest absolute Gasteiger partial charge is 0.341 e. The molecule has 1 heterocycles. The number of ether oxygens (including phenoxy) is 1. The van der Waals surface area contributed by atoms with Crippen molar-refractivity contribution in [3.63, 3.8) is 0 Å². The number of carboxylic acids is 1. The van der Waals surface area contributed by atoms with Crippen molar-refractivity contribution in [3.8, 4) is 0 Å². The molecule has 0 saturated carbocycles. The van der Waals surface area contributed by atoms with Crippen LogP contribution < -0.4 is 0 Å². The molecule has 8 nitrogen and oxygen atoms in total. The van der Waals surface area contributed by atoms with Crippen molar-refractivity contribution in [2.24, 2.45) is 9.52 Å². The molecule has 0 aliphatic carbocycles. The van der Waals surface area contributed by atoms with Crippen LogP contribution in [0.5, 0.6) is 0 Å². The molecule has 0 spiro atoms. The molecule has 9 heteroatoms. The maximum absolute atomic E-state index is 13.0. The zero-order valence-corrected chi connectivity index (χ0v) is 18.0. The summed E-state index contributed by atoms with van der Waals surface area (Å²) in [4.78, 5) is 33.2. The molecule has 1 unspecified atom stereocenters. The molecule has 2 aromatic carbocycles. The van der Waals surface area contributed by atoms with E-state index in [0.717, 1.165) is 11.1 Å². The lowest BCUT2D eigenvalue weighted by atomic mass is 10.0. The summed E-state index contributed by atoms with van der Waals surface area (Å²) in [5.74, 6) is -1.43. The maximum Gasteiger partial charge on any atom is 0.341 e. The molecule has 162 valence electrons. The summed E-state index contributed by atoms with van der Waals surface area (Å²) in [5.41, 5.74) is 0.591. The fraction of sp³-hybridized carbons (Fsp3) is 0.273. The Balaban J connectivity index is 1.73. The minimum absolute atomic E-state index is 0.0631. The largest absolute Gasteiger partial charge is 0.481 e. The van der Waals surface area contributed by atoms with E-state index in [9.17, 15) is 9.59 Å². The van der Waals surface area contributed by atoms with E-state index in [-0.39, 0.29) is 17.3 Å². The molecule has 1 atom stereocenters. The Hall–Kier alpha value is -3.17. The third kappa shape index (κ3) is 5.93. The summed E-state index contributed by atoms with van der Waals surface area (Å²) >= 11 is 0. The number of nitrogens with zero attached hydrogens (tertiary/aromatic N) is 2. The molecule has 1 aliphatic rings. The number of benzene rings is 2. The van der Waals surface area contributed by atoms with E-state index in [2.05, 4.69) is 9.52 Å². The van der Waals surface area contributed by atoms with E-state index in [4.69, 9.17) is 20.1 Å². The molecule has 0 bridgehead atoms. The zero-order valence-electron chi connectivity index (χ0n) is 17.1. The van der Waals surface area contributed by atoms with Gasteiger partial charge in [-0.25, -0.2) is 14.6 Å². The van der Waals surface area contributed by atoms with Crippen molar-refractivity contribution in [1.82, 2.24) is 0 Å². The van der Waals surface area contributed by atoms with Gasteiger partial charge in [0.05, 0.1) is 12.2 Å². The van der Waals surface area contributed by atoms with Crippen molar-refractivity contribution in [2.45, 2.75) is 32.0 Å². The molecule has 0 saturated heterocycles. The Morgan fingerprint density at radius 1 is 1.13 bits per heavy atom. The highest BCUT2D eigenvalue weighted by atomic mass is 32.2. The first-order valence-corrected chi connectivity index (χ1v) is 10.9. The van der Waals surface area contributed by atoms with Crippen LogP contribution in [0.15, 0.2) is 70.2 Å². The van der Waals surface area contributed by atoms with Crippen molar-refractivity contribution in [1.29, 1.82) is 5.41 Å². The molecule has 2 aromatic rings. The maximum atomic E-state index is 13.0. The SMILES string of the molecule is CC(C)(ON=S1CC(CC(=O)O)=NC1=N)C(=O)OC(c1ccccc1)c1ccccc1. The Morgan fingerprint density at radius 2 is 1.68 bits per heavy atom. The van der Waals surface area contributed by atoms with Gasteiger partial charge in [-0.2, -0.15) is 0 Å². The number of carboxylic acid groups (broad SMARTS) is 1. The van der Waals surface area contributed by atoms with Crippen molar-refractivity contribution < 1.29 is 24.3 Å². The predicted molar refractivity (Wildman–Crippen MR) is 118 cm³/mol. The Kier molecular flexibility index (Phi) is 7.09. The first kappa shape index (κ1) is 22.5. The molecule has 0 amide bonds. The van der Waals surface area contributed by atoms with E-state index in [1.165, 1.54) is 13.8 Å². The molecule has 3 rings (SSSR count). The lowest BCUT2D eigenvalue weighted by molar-refractivity contribution is -0.172. The standard InChI is InChI=1S/C22H23N3O5S/c1-22(2,30-25-31-14-17(13-18(26)27)24-21(31)23)20(28)29-19(15-9-5-3-6-10-15)16-11-7-4-8-12-16/h3-12,19,23H,13-14H2,1-2H3,(H,26,27). The van der Waals surface area contributed by atoms with Crippen LogP contribution in [0.3, 0.4) is 0 Å². The van der Waals surface area contributed by atoms with Gasteiger partial charge < -0.3 is 9.84 Å². The number of nitrogens with one attached hydrogen (secondary N) is 1. The minimum Gasteiger partial charge on any atom is -0.481 e. The molecule has 2 N–H and O–H groups in total. The van der Waals surface area contributed by atoms with Crippen LogP contribution in [-0.2, 0) is 29.9 Å². The first-order valence-electron chi connectivity index (χ1n) is 9.54. The van der Waals surface area contributed by atoms with Crippen molar-refractivity contribution in [2.75, 3.05) is 5.75 Å². The van der Waals surface area contributed by atoms with Crippen LogP contribution in [0.4, 0.5) is 0 Å². The van der Waals surface area contributed by atoms with Gasteiger partial charge in [-0.1, -0.05) is 60.7 Å². The number of hydrogen-bond donors (Lipinski definition) is 2. The highest BCUT2D eigenvalue weighted by Gasteiger charge is 2.35. The van der Waals surface area contributed by atoms with Gasteiger partial charge in [-0.15, -0.1) is 4.53 Å². The molecule has 1 aliphatic heterocycles. The van der Waals surface area contributed by atoms with Crippen molar-refractivity contribution in [3.05, 3.63) is 71.8 Å². The Morgan fingerprint density at radius 3 is 2.19 bits per heavy atom. The van der Waals surface area contributed by atoms with E-state index >= 15 is 0 Å². The number of carbonyl (C=O) groups excluding carboxylic acids is 1. The number of carbonyl (C=O) groups is 2. The second-order valence-corrected chi connectivity index (χ2v) is 8.90. The second kappa shape index (κ2) is 9.76. The van der Waals surface area contributed by atoms with Gasteiger partial charge in [0, 0.05) is 16.4 Å². The first-order chi connectivity index (χ1) is 14.8.